The number of pyridine rings is 1. The van der Waals surface area contributed by atoms with Crippen molar-refractivity contribution in [2.24, 2.45) is 0 Å². The molecule has 1 aliphatic rings. The fraction of sp³-hybridized carbons (Fsp3) is 0.400. The third-order valence-electron chi connectivity index (χ3n) is 3.47. The second kappa shape index (κ2) is 5.05. The van der Waals surface area contributed by atoms with Crippen LogP contribution in [0.15, 0.2) is 24.3 Å². The highest BCUT2D eigenvalue weighted by Gasteiger charge is 2.15. The summed E-state index contributed by atoms with van der Waals surface area (Å²) < 4.78 is 10.8. The lowest BCUT2D eigenvalue weighted by Crippen LogP contribution is -2.36. The molecule has 0 aliphatic carbocycles. The Morgan fingerprint density at radius 1 is 1.21 bits per heavy atom. The molecule has 100 valence electrons. The minimum atomic E-state index is 0.694. The molecule has 0 bridgehead atoms. The number of morpholine rings is 1. The van der Waals surface area contributed by atoms with Crippen LogP contribution in [-0.2, 0) is 4.74 Å². The van der Waals surface area contributed by atoms with E-state index in [9.17, 15) is 0 Å². The molecular weight excluding hydrogens is 240 g/mol. The lowest BCUT2D eigenvalue weighted by Gasteiger charge is -2.28. The molecular formula is C15H18N2O2. The highest BCUT2D eigenvalue weighted by Crippen LogP contribution is 2.29. The number of methoxy groups -OCH3 is 1. The van der Waals surface area contributed by atoms with Crippen LogP contribution in [0.2, 0.25) is 0 Å². The van der Waals surface area contributed by atoms with Crippen molar-refractivity contribution < 1.29 is 9.47 Å². The molecule has 1 fully saturated rings. The average Bonchev–Trinajstić information content (AvgIpc) is 2.46. The topological polar surface area (TPSA) is 34.6 Å². The van der Waals surface area contributed by atoms with Crippen LogP contribution in [0.4, 0.5) is 5.82 Å². The Kier molecular flexibility index (Phi) is 3.25. The third kappa shape index (κ3) is 2.36. The zero-order valence-corrected chi connectivity index (χ0v) is 11.3. The lowest BCUT2D eigenvalue weighted by atomic mass is 10.1. The van der Waals surface area contributed by atoms with Gasteiger partial charge in [-0.15, -0.1) is 0 Å². The number of anilines is 1. The second-order valence-electron chi connectivity index (χ2n) is 4.81. The highest BCUT2D eigenvalue weighted by molar-refractivity contribution is 5.89. The Hall–Kier alpha value is -1.81. The molecule has 4 nitrogen and oxygen atoms in total. The summed E-state index contributed by atoms with van der Waals surface area (Å²) in [4.78, 5) is 6.86. The quantitative estimate of drug-likeness (QED) is 0.828. The van der Waals surface area contributed by atoms with Crippen molar-refractivity contribution in [2.75, 3.05) is 38.3 Å². The van der Waals surface area contributed by atoms with E-state index in [1.807, 2.05) is 0 Å². The van der Waals surface area contributed by atoms with E-state index in [4.69, 9.17) is 9.47 Å². The van der Waals surface area contributed by atoms with E-state index in [-0.39, 0.29) is 0 Å². The molecule has 0 N–H and O–H groups in total. The number of hydrogen-bond donors (Lipinski definition) is 0. The summed E-state index contributed by atoms with van der Waals surface area (Å²) in [6.07, 6.45) is 0. The van der Waals surface area contributed by atoms with Gasteiger partial charge in [-0.3, -0.25) is 0 Å². The van der Waals surface area contributed by atoms with E-state index in [0.29, 0.717) is 5.88 Å². The van der Waals surface area contributed by atoms with E-state index in [1.54, 1.807) is 7.11 Å². The second-order valence-corrected chi connectivity index (χ2v) is 4.81. The molecule has 3 rings (SSSR count). The molecule has 0 saturated carbocycles. The van der Waals surface area contributed by atoms with Crippen molar-refractivity contribution >= 4 is 16.6 Å². The molecule has 19 heavy (non-hydrogen) atoms. The highest BCUT2D eigenvalue weighted by atomic mass is 16.5. The minimum absolute atomic E-state index is 0.694. The SMILES string of the molecule is COc1nc(N2CCOCC2)cc2cc(C)ccc12. The van der Waals surface area contributed by atoms with Crippen LogP contribution >= 0.6 is 0 Å². The van der Waals surface area contributed by atoms with Crippen LogP contribution in [0.25, 0.3) is 10.8 Å². The first-order valence-electron chi connectivity index (χ1n) is 6.56. The van der Waals surface area contributed by atoms with Crippen LogP contribution in [0, 0.1) is 6.92 Å². The van der Waals surface area contributed by atoms with Crippen molar-refractivity contribution in [2.45, 2.75) is 6.92 Å². The van der Waals surface area contributed by atoms with Crippen LogP contribution in [-0.4, -0.2) is 38.4 Å². The predicted octanol–water partition coefficient (Wildman–Crippen LogP) is 2.39. The number of nitrogens with zero attached hydrogens (tertiary/aromatic N) is 2. The van der Waals surface area contributed by atoms with E-state index < -0.39 is 0 Å². The number of aromatic nitrogens is 1. The first-order chi connectivity index (χ1) is 9.28. The van der Waals surface area contributed by atoms with Gasteiger partial charge in [-0.1, -0.05) is 17.7 Å². The molecule has 0 atom stereocenters. The van der Waals surface area contributed by atoms with Gasteiger partial charge in [-0.05, 0) is 24.4 Å². The maximum absolute atomic E-state index is 5.43. The standard InChI is InChI=1S/C15H18N2O2/c1-11-3-4-13-12(9-11)10-14(16-15(13)18-2)17-5-7-19-8-6-17/h3-4,9-10H,5-8H2,1-2H3. The smallest absolute Gasteiger partial charge is 0.223 e. The van der Waals surface area contributed by atoms with Crippen LogP contribution < -0.4 is 9.64 Å². The maximum Gasteiger partial charge on any atom is 0.223 e. The Bertz CT molecular complexity index is 592. The fourth-order valence-corrected chi connectivity index (χ4v) is 2.44. The molecule has 4 heteroatoms. The number of rotatable bonds is 2. The summed E-state index contributed by atoms with van der Waals surface area (Å²) in [7, 11) is 1.67. The molecule has 1 aliphatic heterocycles. The number of hydrogen-bond acceptors (Lipinski definition) is 4. The summed E-state index contributed by atoms with van der Waals surface area (Å²) in [5, 5.41) is 2.23. The Balaban J connectivity index is 2.09. The predicted molar refractivity (Wildman–Crippen MR) is 76.1 cm³/mol. The molecule has 2 aromatic rings. The molecule has 0 spiro atoms. The Morgan fingerprint density at radius 2 is 2.00 bits per heavy atom. The van der Waals surface area contributed by atoms with Crippen LogP contribution in [0.1, 0.15) is 5.56 Å². The summed E-state index contributed by atoms with van der Waals surface area (Å²) >= 11 is 0. The number of benzene rings is 1. The molecule has 1 saturated heterocycles. The summed E-state index contributed by atoms with van der Waals surface area (Å²) in [5.41, 5.74) is 1.24. The fourth-order valence-electron chi connectivity index (χ4n) is 2.44. The number of aryl methyl sites for hydroxylation is 1. The van der Waals surface area contributed by atoms with Crippen molar-refractivity contribution in [3.8, 4) is 5.88 Å². The van der Waals surface area contributed by atoms with Gasteiger partial charge in [0.05, 0.1) is 20.3 Å². The molecule has 1 aromatic heterocycles. The monoisotopic (exact) mass is 258 g/mol. The molecule has 0 radical (unpaired) electrons. The van der Waals surface area contributed by atoms with Crippen molar-refractivity contribution in [3.63, 3.8) is 0 Å². The first-order valence-corrected chi connectivity index (χ1v) is 6.56. The van der Waals surface area contributed by atoms with Gasteiger partial charge in [0.1, 0.15) is 5.82 Å². The van der Waals surface area contributed by atoms with Crippen LogP contribution in [0.5, 0.6) is 5.88 Å². The lowest BCUT2D eigenvalue weighted by molar-refractivity contribution is 0.122. The average molecular weight is 258 g/mol. The van der Waals surface area contributed by atoms with Gasteiger partial charge in [-0.25, -0.2) is 0 Å². The zero-order valence-electron chi connectivity index (χ0n) is 11.3. The molecule has 2 heterocycles. The van der Waals surface area contributed by atoms with Crippen molar-refractivity contribution in [1.82, 2.24) is 4.98 Å². The van der Waals surface area contributed by atoms with Crippen molar-refractivity contribution in [3.05, 3.63) is 29.8 Å². The minimum Gasteiger partial charge on any atom is -0.480 e. The summed E-state index contributed by atoms with van der Waals surface area (Å²) in [5.74, 6) is 1.66. The van der Waals surface area contributed by atoms with Gasteiger partial charge >= 0.3 is 0 Å². The van der Waals surface area contributed by atoms with Gasteiger partial charge in [0.25, 0.3) is 0 Å². The normalized spacial score (nSPS) is 15.8. The molecule has 1 aromatic carbocycles. The van der Waals surface area contributed by atoms with E-state index in [2.05, 4.69) is 41.1 Å². The summed E-state index contributed by atoms with van der Waals surface area (Å²) in [6.45, 7) is 5.38. The Morgan fingerprint density at radius 3 is 2.74 bits per heavy atom. The third-order valence-corrected chi connectivity index (χ3v) is 3.47. The van der Waals surface area contributed by atoms with Gasteiger partial charge in [-0.2, -0.15) is 4.98 Å². The maximum atomic E-state index is 5.43. The Labute approximate surface area is 113 Å². The van der Waals surface area contributed by atoms with E-state index in [1.165, 1.54) is 10.9 Å². The molecule has 0 unspecified atom stereocenters. The van der Waals surface area contributed by atoms with Gasteiger partial charge in [0.15, 0.2) is 0 Å². The first kappa shape index (κ1) is 12.2. The number of ether oxygens (including phenoxy) is 2. The van der Waals surface area contributed by atoms with Crippen molar-refractivity contribution in [1.29, 1.82) is 0 Å². The van der Waals surface area contributed by atoms with E-state index in [0.717, 1.165) is 37.5 Å². The van der Waals surface area contributed by atoms with Gasteiger partial charge < -0.3 is 14.4 Å². The van der Waals surface area contributed by atoms with Gasteiger partial charge in [0.2, 0.25) is 5.88 Å². The number of fused-ring (bicyclic) bond motifs is 1. The van der Waals surface area contributed by atoms with Crippen LogP contribution in [0.3, 0.4) is 0 Å². The summed E-state index contributed by atoms with van der Waals surface area (Å²) in [6, 6.07) is 8.46. The van der Waals surface area contributed by atoms with E-state index >= 15 is 0 Å². The zero-order chi connectivity index (χ0) is 13.2. The van der Waals surface area contributed by atoms with Gasteiger partial charge in [0, 0.05) is 18.5 Å². The molecule has 0 amide bonds. The largest absolute Gasteiger partial charge is 0.480 e.